The Balaban J connectivity index is 2.42. The Kier molecular flexibility index (Phi) is 9.64. The van der Waals surface area contributed by atoms with Gasteiger partial charge in [0.15, 0.2) is 0 Å². The van der Waals surface area contributed by atoms with E-state index >= 15 is 0 Å². The molecule has 0 bridgehead atoms. The van der Waals surface area contributed by atoms with Gasteiger partial charge in [-0.3, -0.25) is 0 Å². The van der Waals surface area contributed by atoms with E-state index in [1.54, 1.807) is 0 Å². The first-order valence-corrected chi connectivity index (χ1v) is 17.1. The number of halogens is 8. The molecule has 6 nitrogen and oxygen atoms in total. The van der Waals surface area contributed by atoms with Gasteiger partial charge in [0.1, 0.15) is 0 Å². The number of alkyl halides is 6. The van der Waals surface area contributed by atoms with E-state index in [0.717, 1.165) is 0 Å². The van der Waals surface area contributed by atoms with Gasteiger partial charge < -0.3 is 0 Å². The van der Waals surface area contributed by atoms with Gasteiger partial charge in [-0.05, 0) is 0 Å². The van der Waals surface area contributed by atoms with Crippen molar-refractivity contribution in [3.63, 3.8) is 0 Å². The van der Waals surface area contributed by atoms with Crippen LogP contribution in [0.5, 0.6) is 0 Å². The average Bonchev–Trinajstić information content (AvgIpc) is 2.74. The van der Waals surface area contributed by atoms with Gasteiger partial charge in [-0.2, -0.15) is 0 Å². The standard InChI is InChI=1S/C18H10F6I2O6S2/c19-17(20,21)33(27,28)31-25(15-9-3-1-4-10-15)13-7-8-14-26(16-11-5-2-6-12-16)32-34(29,30)18(22,23)24/h1-6,9-12H. The van der Waals surface area contributed by atoms with Gasteiger partial charge in [0.25, 0.3) is 0 Å². The van der Waals surface area contributed by atoms with Gasteiger partial charge in [-0.15, -0.1) is 0 Å². The Labute approximate surface area is 206 Å². The first-order chi connectivity index (χ1) is 15.6. The van der Waals surface area contributed by atoms with Crippen molar-refractivity contribution in [3.8, 4) is 19.7 Å². The first-order valence-electron chi connectivity index (χ1n) is 8.18. The van der Waals surface area contributed by atoms with Gasteiger partial charge >= 0.3 is 207 Å². The second-order valence-electron chi connectivity index (χ2n) is 5.45. The number of hydrogen-bond donors (Lipinski definition) is 0. The molecule has 0 heterocycles. The van der Waals surface area contributed by atoms with E-state index in [2.05, 4.69) is 24.7 Å². The summed E-state index contributed by atoms with van der Waals surface area (Å²) in [7, 11) is -12.0. The second-order valence-corrected chi connectivity index (χ2v) is 17.0. The molecule has 34 heavy (non-hydrogen) atoms. The van der Waals surface area contributed by atoms with Crippen molar-refractivity contribution in [2.45, 2.75) is 11.0 Å². The summed E-state index contributed by atoms with van der Waals surface area (Å²) >= 11 is -7.66. The Bertz CT molecular complexity index is 1220. The Morgan fingerprint density at radius 1 is 0.588 bits per heavy atom. The monoisotopic (exact) mass is 754 g/mol. The predicted octanol–water partition coefficient (Wildman–Crippen LogP) is 5.22. The van der Waals surface area contributed by atoms with Crippen LogP contribution in [-0.4, -0.2) is 27.9 Å². The van der Waals surface area contributed by atoms with E-state index in [1.807, 2.05) is 0 Å². The molecule has 0 spiro atoms. The molecule has 0 unspecified atom stereocenters. The Morgan fingerprint density at radius 2 is 0.882 bits per heavy atom. The molecule has 0 amide bonds. The first kappa shape index (κ1) is 28.7. The van der Waals surface area contributed by atoms with E-state index in [9.17, 15) is 43.2 Å². The molecule has 0 saturated carbocycles. The van der Waals surface area contributed by atoms with Gasteiger partial charge in [0.05, 0.1) is 0 Å². The molecule has 2 aromatic carbocycles. The molecule has 0 fully saturated rings. The molecule has 16 heteroatoms. The minimum absolute atomic E-state index is 0.0724. The molecule has 0 aliphatic heterocycles. The van der Waals surface area contributed by atoms with Gasteiger partial charge in [0.2, 0.25) is 0 Å². The van der Waals surface area contributed by atoms with Crippen LogP contribution in [0.15, 0.2) is 60.7 Å². The van der Waals surface area contributed by atoms with Gasteiger partial charge in [0, 0.05) is 0 Å². The topological polar surface area (TPSA) is 86.7 Å². The summed E-state index contributed by atoms with van der Waals surface area (Å²) in [6, 6.07) is 13.8. The number of benzene rings is 2. The predicted molar refractivity (Wildman–Crippen MR) is 126 cm³/mol. The van der Waals surface area contributed by atoms with Crippen molar-refractivity contribution >= 4 is 60.7 Å². The summed E-state index contributed by atoms with van der Waals surface area (Å²) in [4.78, 5) is 0. The summed E-state index contributed by atoms with van der Waals surface area (Å²) in [5.74, 6) is 4.14. The fraction of sp³-hybridized carbons (Fsp3) is 0.111. The van der Waals surface area contributed by atoms with Crippen LogP contribution in [0.4, 0.5) is 26.3 Å². The molecule has 186 valence electrons. The molecule has 0 radical (unpaired) electrons. The molecule has 0 N–H and O–H groups in total. The zero-order valence-corrected chi connectivity index (χ0v) is 22.0. The zero-order chi connectivity index (χ0) is 25.6. The van der Waals surface area contributed by atoms with Gasteiger partial charge in [-0.25, -0.2) is 0 Å². The maximum absolute atomic E-state index is 12.7. The number of hydrogen-bond acceptors (Lipinski definition) is 6. The van der Waals surface area contributed by atoms with Crippen molar-refractivity contribution in [1.82, 2.24) is 0 Å². The van der Waals surface area contributed by atoms with Crippen LogP contribution in [0.1, 0.15) is 0 Å². The van der Waals surface area contributed by atoms with E-state index in [0.29, 0.717) is 0 Å². The van der Waals surface area contributed by atoms with E-state index in [-0.39, 0.29) is 7.14 Å². The Morgan fingerprint density at radius 3 is 1.15 bits per heavy atom. The van der Waals surface area contributed by atoms with E-state index < -0.39 is 71.7 Å². The number of rotatable bonds is 6. The van der Waals surface area contributed by atoms with E-state index in [4.69, 9.17) is 0 Å². The maximum atomic E-state index is 12.7. The molecule has 0 aliphatic rings. The van der Waals surface area contributed by atoms with Crippen LogP contribution >= 0.6 is 40.5 Å². The molecule has 0 saturated heterocycles. The second kappa shape index (κ2) is 11.4. The third-order valence-corrected chi connectivity index (χ3v) is 15.0. The van der Waals surface area contributed by atoms with Crippen molar-refractivity contribution in [2.24, 2.45) is 0 Å². The molecule has 0 aromatic heterocycles. The van der Waals surface area contributed by atoms with Crippen molar-refractivity contribution in [2.75, 3.05) is 0 Å². The van der Waals surface area contributed by atoms with Gasteiger partial charge in [-0.1, -0.05) is 0 Å². The quantitative estimate of drug-likeness (QED) is 0.174. The SMILES string of the molecule is O=S(=O)(OI(C#CC#CI(OS(=O)(=O)C(F)(F)F)c1ccccc1)c1ccccc1)C(F)(F)F. The summed E-state index contributed by atoms with van der Waals surface area (Å²) in [6.07, 6.45) is 0. The molecule has 0 atom stereocenters. The van der Waals surface area contributed by atoms with Crippen molar-refractivity contribution in [1.29, 1.82) is 0 Å². The summed E-state index contributed by atoms with van der Waals surface area (Å²) in [5.41, 5.74) is -11.4. The molecule has 0 aliphatic carbocycles. The zero-order valence-electron chi connectivity index (χ0n) is 16.1. The summed E-state index contributed by atoms with van der Waals surface area (Å²) in [6.45, 7) is 0. The minimum atomic E-state index is -5.98. The Hall–Kier alpha value is -1.58. The van der Waals surface area contributed by atoms with Crippen LogP contribution in [-0.2, 0) is 25.3 Å². The van der Waals surface area contributed by atoms with Crippen LogP contribution in [0.25, 0.3) is 0 Å². The van der Waals surface area contributed by atoms with Crippen LogP contribution < -0.4 is 0 Å². The third kappa shape index (κ3) is 7.99. The average molecular weight is 754 g/mol. The third-order valence-electron chi connectivity index (χ3n) is 3.05. The summed E-state index contributed by atoms with van der Waals surface area (Å²) < 4.78 is 135. The fourth-order valence-corrected chi connectivity index (χ4v) is 11.7. The normalized spacial score (nSPS) is 13.1. The van der Waals surface area contributed by atoms with Crippen LogP contribution in [0.3, 0.4) is 0 Å². The molecule has 2 rings (SSSR count). The summed E-state index contributed by atoms with van der Waals surface area (Å²) in [5, 5.41) is 0. The van der Waals surface area contributed by atoms with E-state index in [1.165, 1.54) is 60.7 Å². The molecule has 2 aromatic rings. The van der Waals surface area contributed by atoms with Crippen molar-refractivity contribution in [3.05, 3.63) is 67.8 Å². The van der Waals surface area contributed by atoms with Crippen LogP contribution in [0.2, 0.25) is 0 Å². The van der Waals surface area contributed by atoms with Crippen LogP contribution in [0, 0.1) is 26.8 Å². The molecular formula is C18H10F6I2O6S2. The molecular weight excluding hydrogens is 744 g/mol. The fourth-order valence-electron chi connectivity index (χ4n) is 1.64. The van der Waals surface area contributed by atoms with Crippen molar-refractivity contribution < 1.29 is 48.2 Å².